The molecule has 8 aromatic carbocycles. The molecule has 9 rings (SSSR count). The molecule has 382 valence electrons. The molecule has 1 heterocycles. The van der Waals surface area contributed by atoms with Crippen LogP contribution in [-0.2, 0) is 21.2 Å². The molecule has 73 heavy (non-hydrogen) atoms. The monoisotopic (exact) mass is 1520 g/mol. The van der Waals surface area contributed by atoms with E-state index in [4.69, 9.17) is 74.0 Å². The molecule has 0 spiro atoms. The van der Waals surface area contributed by atoms with Crippen LogP contribution in [0.5, 0.6) is 0 Å². The Balaban J connectivity index is 0.000000196. The third-order valence-corrected chi connectivity index (χ3v) is 18.3. The number of thiophene rings is 1. The largest absolute Gasteiger partial charge is 0.489 e. The highest BCUT2D eigenvalue weighted by atomic mass is 127. The minimum atomic E-state index is -4.67. The van der Waals surface area contributed by atoms with Crippen molar-refractivity contribution < 1.29 is 31.8 Å². The van der Waals surface area contributed by atoms with E-state index in [2.05, 4.69) is 141 Å². The summed E-state index contributed by atoms with van der Waals surface area (Å²) in [7, 11) is -7.04. The Morgan fingerprint density at radius 2 is 1.00 bits per heavy atom. The summed E-state index contributed by atoms with van der Waals surface area (Å²) in [6.07, 6.45) is 5.67. The molecule has 0 radical (unpaired) electrons. The van der Waals surface area contributed by atoms with Crippen molar-refractivity contribution in [2.24, 2.45) is 0 Å². The van der Waals surface area contributed by atoms with Crippen LogP contribution >= 0.6 is 168 Å². The van der Waals surface area contributed by atoms with E-state index in [1.807, 2.05) is 109 Å². The van der Waals surface area contributed by atoms with E-state index in [0.717, 1.165) is 53.9 Å². The van der Waals surface area contributed by atoms with Gasteiger partial charge in [-0.2, -0.15) is 8.42 Å². The van der Waals surface area contributed by atoms with Crippen molar-refractivity contribution in [2.75, 3.05) is 18.8 Å². The zero-order valence-electron chi connectivity index (χ0n) is 38.1. The number of rotatable bonds is 6. The fourth-order valence-electron chi connectivity index (χ4n) is 6.35. The zero-order chi connectivity index (χ0) is 54.0. The fourth-order valence-corrected chi connectivity index (χ4v) is 13.5. The molecule has 0 aliphatic carbocycles. The molecular weight excluding hydrogens is 1480 g/mol. The van der Waals surface area contributed by atoms with Crippen LogP contribution in [0.25, 0.3) is 42.4 Å². The maximum absolute atomic E-state index is 11.7. The number of hydrogen-bond acceptors (Lipinski definition) is 8. The predicted octanol–water partition coefficient (Wildman–Crippen LogP) is 18.6. The van der Waals surface area contributed by atoms with Crippen LogP contribution in [0, 0.1) is 3.57 Å². The molecule has 0 amide bonds. The van der Waals surface area contributed by atoms with Crippen LogP contribution in [0.4, 0.5) is 0 Å². The quantitative estimate of drug-likeness (QED) is 0.0422. The van der Waals surface area contributed by atoms with Crippen LogP contribution in [0.2, 0.25) is 20.1 Å². The van der Waals surface area contributed by atoms with Crippen molar-refractivity contribution in [2.45, 2.75) is 14.7 Å². The van der Waals surface area contributed by atoms with Gasteiger partial charge in [0.2, 0.25) is 0 Å². The fraction of sp³-hybridized carbons (Fsp3) is 0.0588. The molecule has 22 heteroatoms. The summed E-state index contributed by atoms with van der Waals surface area (Å²) >= 11 is 44.8. The lowest BCUT2D eigenvalue weighted by Gasteiger charge is -2.09. The molecule has 1 atom stereocenters. The molecule has 0 aliphatic heterocycles. The molecule has 1 unspecified atom stereocenters. The van der Waals surface area contributed by atoms with Gasteiger partial charge in [0.15, 0.2) is 0 Å². The summed E-state index contributed by atoms with van der Waals surface area (Å²) in [5.74, 6) is 0. The molecule has 0 saturated carbocycles. The minimum absolute atomic E-state index is 0.569. The zero-order valence-corrected chi connectivity index (χ0v) is 53.7. The van der Waals surface area contributed by atoms with Gasteiger partial charge in [0.25, 0.3) is 0 Å². The molecule has 7 nitrogen and oxygen atoms in total. The van der Waals surface area contributed by atoms with Crippen molar-refractivity contribution in [1.82, 2.24) is 0 Å². The van der Waals surface area contributed by atoms with E-state index >= 15 is 0 Å². The number of hydrogen-bond donors (Lipinski definition) is 4. The second kappa shape index (κ2) is 31.8. The smallest absolute Gasteiger partial charge is 0.423 e. The summed E-state index contributed by atoms with van der Waals surface area (Å²) in [6.45, 7) is 0. The normalized spacial score (nSPS) is 11.0. The van der Waals surface area contributed by atoms with Gasteiger partial charge in [-0.15, -0.1) is 34.9 Å². The average molecular weight is 1520 g/mol. The second-order valence-corrected chi connectivity index (χ2v) is 25.7. The Bertz CT molecular complexity index is 3430. The summed E-state index contributed by atoms with van der Waals surface area (Å²) in [5.41, 5.74) is 4.95. The number of halogens is 9. The van der Waals surface area contributed by atoms with Gasteiger partial charge < -0.3 is 10.0 Å². The molecule has 9 aromatic rings. The van der Waals surface area contributed by atoms with Crippen LogP contribution in [0.1, 0.15) is 0 Å². The predicted molar refractivity (Wildman–Crippen MR) is 339 cm³/mol. The maximum Gasteiger partial charge on any atom is 0.489 e. The summed E-state index contributed by atoms with van der Waals surface area (Å²) in [4.78, 5) is 3.00. The van der Waals surface area contributed by atoms with Crippen molar-refractivity contribution in [1.29, 1.82) is 0 Å². The summed E-state index contributed by atoms with van der Waals surface area (Å²) in [6, 6.07) is 52.8. The highest BCUT2D eigenvalue weighted by molar-refractivity contribution is 14.1. The minimum Gasteiger partial charge on any atom is -0.423 e. The van der Waals surface area contributed by atoms with Crippen LogP contribution in [-0.4, -0.2) is 57.7 Å². The van der Waals surface area contributed by atoms with Gasteiger partial charge in [-0.1, -0.05) is 179 Å². The van der Waals surface area contributed by atoms with Gasteiger partial charge in [0, 0.05) is 82.7 Å². The maximum atomic E-state index is 11.7. The van der Waals surface area contributed by atoms with Crippen molar-refractivity contribution in [3.05, 3.63) is 205 Å². The van der Waals surface area contributed by atoms with E-state index in [1.165, 1.54) is 51.5 Å². The Kier molecular flexibility index (Phi) is 27.9. The van der Waals surface area contributed by atoms with Crippen molar-refractivity contribution in [3.63, 3.8) is 0 Å². The number of fused-ring (bicyclic) bond motifs is 3. The molecule has 0 aliphatic rings. The lowest BCUT2D eigenvalue weighted by molar-refractivity contribution is 0.380. The van der Waals surface area contributed by atoms with Crippen molar-refractivity contribution >= 4 is 222 Å². The van der Waals surface area contributed by atoms with E-state index in [1.54, 1.807) is 41.5 Å². The van der Waals surface area contributed by atoms with Gasteiger partial charge in [-0.3, -0.25) is 13.3 Å². The van der Waals surface area contributed by atoms with Crippen LogP contribution < -0.4 is 5.46 Å². The Morgan fingerprint density at radius 1 is 0.548 bits per heavy atom. The van der Waals surface area contributed by atoms with Gasteiger partial charge >= 0.3 is 17.5 Å². The first-order chi connectivity index (χ1) is 34.5. The first-order valence-electron chi connectivity index (χ1n) is 20.5. The average Bonchev–Trinajstić information content (AvgIpc) is 3.72. The van der Waals surface area contributed by atoms with Gasteiger partial charge in [0.05, 0.1) is 10.8 Å². The highest BCUT2D eigenvalue weighted by Gasteiger charge is 2.14. The molecule has 4 N–H and O–H groups in total. The van der Waals surface area contributed by atoms with Gasteiger partial charge in [0.1, 0.15) is 0 Å². The Labute approximate surface area is 508 Å². The third-order valence-electron chi connectivity index (χ3n) is 9.44. The molecule has 0 saturated heterocycles. The lowest BCUT2D eigenvalue weighted by Crippen LogP contribution is -2.31. The molecular formula is C51H40BBr4Cl4IO7S5. The van der Waals surface area contributed by atoms with Gasteiger partial charge in [-0.05, 0) is 158 Å². The number of benzene rings is 8. The lowest BCUT2D eigenvalue weighted by atomic mass is 9.80. The SMILES string of the molecule is CS(=O)c1ccccc1-c1ccc(Cl)cc1Br.CSc1ccccc1-c1ccc(Cl)cc1Br.CSc1ccccc1B(O)O.Clc1cc(Br)c2c(c1)sc1ccccc12.Clc1ccc(I)c(Br)c1.O=S(=O)(O)O. The van der Waals surface area contributed by atoms with Crippen LogP contribution in [0.15, 0.2) is 196 Å². The molecule has 0 bridgehead atoms. The molecule has 1 aromatic heterocycles. The Morgan fingerprint density at radius 3 is 1.51 bits per heavy atom. The first-order valence-corrected chi connectivity index (χ1v) is 32.5. The second-order valence-electron chi connectivity index (χ2n) is 14.4. The van der Waals surface area contributed by atoms with Gasteiger partial charge in [-0.25, -0.2) is 0 Å². The number of thioether (sulfide) groups is 2. The van der Waals surface area contributed by atoms with Crippen LogP contribution in [0.3, 0.4) is 0 Å². The Hall–Kier alpha value is -1.51. The summed E-state index contributed by atoms with van der Waals surface area (Å²) < 4.78 is 51.0. The topological polar surface area (TPSA) is 132 Å². The standard InChI is InChI=1S/C13H10BrClOS.C13H10BrClS.C12H6BrClS.C7H9BO2S.C6H3BrClI.H2O4S/c1-17(16)13-5-3-2-4-11(13)10-7-6-9(15)8-12(10)14;1-16-13-5-3-2-4-11(13)10-7-6-9(15)8-12(10)14;13-9-5-7(14)6-11-12(9)8-3-1-2-4-10(8)15-11;1-11-7-5-3-2-4-6(7)8(9)10;7-5-3-4(8)1-2-6(5)9;1-5(2,3)4/h2-8H,1H3;2-8H,1H3;1-6H;2-5,9-10H,1H3;1-3H;(H2,1,2,3,4). The highest BCUT2D eigenvalue weighted by Crippen LogP contribution is 2.40. The van der Waals surface area contributed by atoms with E-state index < -0.39 is 28.3 Å². The van der Waals surface area contributed by atoms with Crippen molar-refractivity contribution in [3.8, 4) is 22.3 Å². The third kappa shape index (κ3) is 21.0. The first kappa shape index (κ1) is 64.0. The van der Waals surface area contributed by atoms with E-state index in [9.17, 15) is 4.21 Å². The van der Waals surface area contributed by atoms with E-state index in [-0.39, 0.29) is 0 Å². The molecule has 0 fully saturated rings. The summed E-state index contributed by atoms with van der Waals surface area (Å²) in [5, 5.41) is 23.3. The van der Waals surface area contributed by atoms with E-state index in [0.29, 0.717) is 10.5 Å².